The van der Waals surface area contributed by atoms with Gasteiger partial charge in [-0.2, -0.15) is 0 Å². The Balaban J connectivity index is 4.78. The second kappa shape index (κ2) is 7.97. The Kier molecular flexibility index (Phi) is 7.40. The normalized spacial score (nSPS) is 16.7. The maximum absolute atomic E-state index is 8.65. The van der Waals surface area contributed by atoms with E-state index in [9.17, 15) is 0 Å². The van der Waals surface area contributed by atoms with Crippen molar-refractivity contribution in [3.63, 3.8) is 0 Å². The summed E-state index contributed by atoms with van der Waals surface area (Å²) in [6, 6.07) is -0.0226. The van der Waals surface area contributed by atoms with Crippen LogP contribution in [0.2, 0.25) is 0 Å². The summed E-state index contributed by atoms with van der Waals surface area (Å²) in [5.74, 6) is 0.869. The number of hydrogen-bond donors (Lipinski definition) is 0. The van der Waals surface area contributed by atoms with Gasteiger partial charge in [0.2, 0.25) is 0 Å². The molecule has 0 rings (SSSR count). The molecule has 96 valence electrons. The molecule has 0 bridgehead atoms. The minimum atomic E-state index is -0.0226. The molecule has 0 aliphatic carbocycles. The minimum absolute atomic E-state index is 0.0226. The van der Waals surface area contributed by atoms with E-state index in [1.807, 2.05) is 19.9 Å². The SMILES string of the molecule is C/C=C(\C)[C@@H](N=[N+]=[N-])[C@@H](C)[C@H](C)CC=C(C)C. The Morgan fingerprint density at radius 3 is 2.29 bits per heavy atom. The maximum atomic E-state index is 8.65. The number of allylic oxidation sites excluding steroid dienone is 3. The van der Waals surface area contributed by atoms with Gasteiger partial charge in [-0.05, 0) is 51.5 Å². The van der Waals surface area contributed by atoms with Gasteiger partial charge in [-0.1, -0.05) is 42.3 Å². The van der Waals surface area contributed by atoms with E-state index in [2.05, 4.69) is 43.8 Å². The van der Waals surface area contributed by atoms with E-state index in [1.54, 1.807) is 0 Å². The molecule has 3 heteroatoms. The average Bonchev–Trinajstić information content (AvgIpc) is 2.31. The summed E-state index contributed by atoms with van der Waals surface area (Å²) in [4.78, 5) is 2.97. The molecular formula is C14H25N3. The molecule has 0 aliphatic rings. The number of nitrogens with zero attached hydrogens (tertiary/aromatic N) is 3. The van der Waals surface area contributed by atoms with Gasteiger partial charge >= 0.3 is 0 Å². The molecule has 0 N–H and O–H groups in total. The second-order valence-corrected chi connectivity index (χ2v) is 5.04. The molecule has 0 saturated carbocycles. The highest BCUT2D eigenvalue weighted by Gasteiger charge is 2.22. The van der Waals surface area contributed by atoms with E-state index in [0.717, 1.165) is 12.0 Å². The lowest BCUT2D eigenvalue weighted by Gasteiger charge is -2.25. The molecular weight excluding hydrogens is 210 g/mol. The zero-order valence-corrected chi connectivity index (χ0v) is 11.9. The van der Waals surface area contributed by atoms with Gasteiger partial charge in [0.05, 0.1) is 6.04 Å². The lowest BCUT2D eigenvalue weighted by atomic mass is 9.83. The van der Waals surface area contributed by atoms with Crippen LogP contribution in [0.5, 0.6) is 0 Å². The first kappa shape index (κ1) is 15.8. The average molecular weight is 235 g/mol. The monoisotopic (exact) mass is 235 g/mol. The molecule has 0 radical (unpaired) electrons. The lowest BCUT2D eigenvalue weighted by Crippen LogP contribution is -2.23. The molecule has 0 heterocycles. The summed E-state index contributed by atoms with van der Waals surface area (Å²) in [6.07, 6.45) is 5.32. The predicted octanol–water partition coefficient (Wildman–Crippen LogP) is 5.26. The van der Waals surface area contributed by atoms with Crippen molar-refractivity contribution in [2.75, 3.05) is 0 Å². The molecule has 0 aromatic rings. The van der Waals surface area contributed by atoms with Gasteiger partial charge in [-0.3, -0.25) is 0 Å². The van der Waals surface area contributed by atoms with E-state index in [1.165, 1.54) is 5.57 Å². The molecule has 0 aromatic heterocycles. The Morgan fingerprint density at radius 2 is 1.88 bits per heavy atom. The first-order chi connectivity index (χ1) is 7.93. The predicted molar refractivity (Wildman–Crippen MR) is 74.7 cm³/mol. The molecule has 3 nitrogen and oxygen atoms in total. The highest BCUT2D eigenvalue weighted by molar-refractivity contribution is 5.09. The van der Waals surface area contributed by atoms with Gasteiger partial charge in [0.25, 0.3) is 0 Å². The third kappa shape index (κ3) is 5.60. The Morgan fingerprint density at radius 1 is 1.29 bits per heavy atom. The standard InChI is InChI=1S/C14H25N3/c1-7-11(4)14(16-17-15)13(6)12(5)9-8-10(2)3/h7-8,12-14H,9H2,1-6H3/b11-7+/t12-,13+,14-/m1/s1. The quantitative estimate of drug-likeness (QED) is 0.261. The molecule has 0 spiro atoms. The summed E-state index contributed by atoms with van der Waals surface area (Å²) in [5.41, 5.74) is 11.1. The largest absolute Gasteiger partial charge is 0.0883 e. The van der Waals surface area contributed by atoms with Gasteiger partial charge in [0.1, 0.15) is 0 Å². The van der Waals surface area contributed by atoms with E-state index in [4.69, 9.17) is 5.53 Å². The maximum Gasteiger partial charge on any atom is 0.0610 e. The number of azide groups is 1. The van der Waals surface area contributed by atoms with Crippen LogP contribution in [-0.4, -0.2) is 6.04 Å². The molecule has 0 fully saturated rings. The number of rotatable bonds is 6. The van der Waals surface area contributed by atoms with Gasteiger partial charge in [-0.15, -0.1) is 0 Å². The van der Waals surface area contributed by atoms with Crippen LogP contribution in [0, 0.1) is 11.8 Å². The van der Waals surface area contributed by atoms with E-state index < -0.39 is 0 Å². The van der Waals surface area contributed by atoms with Crippen molar-refractivity contribution in [3.05, 3.63) is 33.7 Å². The lowest BCUT2D eigenvalue weighted by molar-refractivity contribution is 0.350. The van der Waals surface area contributed by atoms with Gasteiger partial charge in [0.15, 0.2) is 0 Å². The first-order valence-electron chi connectivity index (χ1n) is 6.24. The molecule has 0 aromatic carbocycles. The Hall–Kier alpha value is -1.21. The van der Waals surface area contributed by atoms with Crippen molar-refractivity contribution in [3.8, 4) is 0 Å². The fourth-order valence-electron chi connectivity index (χ4n) is 1.78. The van der Waals surface area contributed by atoms with Crippen LogP contribution in [0.25, 0.3) is 10.4 Å². The van der Waals surface area contributed by atoms with Gasteiger partial charge in [0, 0.05) is 4.91 Å². The minimum Gasteiger partial charge on any atom is -0.0883 e. The van der Waals surface area contributed by atoms with Crippen molar-refractivity contribution >= 4 is 0 Å². The van der Waals surface area contributed by atoms with Crippen LogP contribution in [0.4, 0.5) is 0 Å². The summed E-state index contributed by atoms with van der Waals surface area (Å²) in [6.45, 7) is 12.6. The van der Waals surface area contributed by atoms with E-state index in [0.29, 0.717) is 11.8 Å². The van der Waals surface area contributed by atoms with Crippen molar-refractivity contribution in [2.45, 2.75) is 54.0 Å². The summed E-state index contributed by atoms with van der Waals surface area (Å²) >= 11 is 0. The zero-order chi connectivity index (χ0) is 13.4. The van der Waals surface area contributed by atoms with Gasteiger partial charge in [-0.25, -0.2) is 0 Å². The van der Waals surface area contributed by atoms with Crippen LogP contribution < -0.4 is 0 Å². The van der Waals surface area contributed by atoms with Gasteiger partial charge < -0.3 is 0 Å². The molecule has 0 aliphatic heterocycles. The molecule has 17 heavy (non-hydrogen) atoms. The molecule has 0 saturated heterocycles. The van der Waals surface area contributed by atoms with E-state index >= 15 is 0 Å². The fraction of sp³-hybridized carbons (Fsp3) is 0.714. The van der Waals surface area contributed by atoms with E-state index in [-0.39, 0.29) is 6.04 Å². The van der Waals surface area contributed by atoms with Crippen molar-refractivity contribution in [1.82, 2.24) is 0 Å². The van der Waals surface area contributed by atoms with Crippen LogP contribution in [0.3, 0.4) is 0 Å². The second-order valence-electron chi connectivity index (χ2n) is 5.04. The summed E-state index contributed by atoms with van der Waals surface area (Å²) < 4.78 is 0. The van der Waals surface area contributed by atoms with Crippen molar-refractivity contribution < 1.29 is 0 Å². The first-order valence-corrected chi connectivity index (χ1v) is 6.24. The van der Waals surface area contributed by atoms with Crippen LogP contribution in [0.1, 0.15) is 48.0 Å². The van der Waals surface area contributed by atoms with Crippen molar-refractivity contribution in [1.29, 1.82) is 0 Å². The van der Waals surface area contributed by atoms with Crippen LogP contribution in [0.15, 0.2) is 28.4 Å². The molecule has 0 unspecified atom stereocenters. The summed E-state index contributed by atoms with van der Waals surface area (Å²) in [7, 11) is 0. The summed E-state index contributed by atoms with van der Waals surface area (Å²) in [5, 5.41) is 3.93. The smallest absolute Gasteiger partial charge is 0.0610 e. The third-order valence-electron chi connectivity index (χ3n) is 3.39. The zero-order valence-electron chi connectivity index (χ0n) is 11.9. The van der Waals surface area contributed by atoms with Crippen LogP contribution in [-0.2, 0) is 0 Å². The molecule has 3 atom stereocenters. The molecule has 0 amide bonds. The topological polar surface area (TPSA) is 48.8 Å². The van der Waals surface area contributed by atoms with Crippen molar-refractivity contribution in [2.24, 2.45) is 17.0 Å². The fourth-order valence-corrected chi connectivity index (χ4v) is 1.78. The highest BCUT2D eigenvalue weighted by atomic mass is 15.1. The Bertz CT molecular complexity index is 331. The number of hydrogen-bond acceptors (Lipinski definition) is 1. The Labute approximate surface area is 105 Å². The van der Waals surface area contributed by atoms with Crippen LogP contribution >= 0.6 is 0 Å². The highest BCUT2D eigenvalue weighted by Crippen LogP contribution is 2.26. The third-order valence-corrected chi connectivity index (χ3v) is 3.39.